The third-order valence-corrected chi connectivity index (χ3v) is 10.00. The summed E-state index contributed by atoms with van der Waals surface area (Å²) in [7, 11) is -1.46. The molecule has 3 aromatic rings. The highest BCUT2D eigenvalue weighted by atomic mass is 35.5. The van der Waals surface area contributed by atoms with E-state index in [4.69, 9.17) is 32.7 Å². The molecule has 4 rings (SSSR count). The molecule has 1 fully saturated rings. The van der Waals surface area contributed by atoms with Crippen molar-refractivity contribution in [3.8, 4) is 11.5 Å². The lowest BCUT2D eigenvalue weighted by atomic mass is 9.95. The zero-order valence-electron chi connectivity index (χ0n) is 25.0. The number of halogens is 2. The van der Waals surface area contributed by atoms with Crippen LogP contribution in [0.5, 0.6) is 11.5 Å². The molecule has 9 nitrogen and oxygen atoms in total. The van der Waals surface area contributed by atoms with Crippen molar-refractivity contribution >= 4 is 50.7 Å². The van der Waals surface area contributed by atoms with E-state index in [1.807, 2.05) is 0 Å². The number of rotatable bonds is 12. The van der Waals surface area contributed by atoms with Crippen LogP contribution < -0.4 is 19.1 Å². The van der Waals surface area contributed by atoms with Gasteiger partial charge in [0.25, 0.3) is 10.0 Å². The second-order valence-electron chi connectivity index (χ2n) is 10.7. The fourth-order valence-corrected chi connectivity index (χ4v) is 6.86. The van der Waals surface area contributed by atoms with Crippen LogP contribution in [0, 0.1) is 0 Å². The fourth-order valence-electron chi connectivity index (χ4n) is 5.18. The average Bonchev–Trinajstić information content (AvgIpc) is 3.03. The SMILES string of the molecule is COc1ccc(S(=O)(=O)N(CC(=O)N(Cc2ccc(Cl)cc2)[C@@H](C)C(=O)NC2CCCCC2)c2ccc(Cl)cc2)cc1OC. The van der Waals surface area contributed by atoms with E-state index < -0.39 is 28.5 Å². The van der Waals surface area contributed by atoms with Gasteiger partial charge >= 0.3 is 0 Å². The molecule has 0 aromatic heterocycles. The Morgan fingerprint density at radius 1 is 0.886 bits per heavy atom. The molecular weight excluding hydrogens is 625 g/mol. The van der Waals surface area contributed by atoms with E-state index in [0.29, 0.717) is 15.8 Å². The quantitative estimate of drug-likeness (QED) is 0.253. The van der Waals surface area contributed by atoms with Gasteiger partial charge in [0.2, 0.25) is 11.8 Å². The second-order valence-corrected chi connectivity index (χ2v) is 13.4. The number of nitrogens with one attached hydrogen (secondary N) is 1. The van der Waals surface area contributed by atoms with Gasteiger partial charge in [0, 0.05) is 28.7 Å². The second kappa shape index (κ2) is 15.0. The van der Waals surface area contributed by atoms with Crippen molar-refractivity contribution in [1.29, 1.82) is 0 Å². The number of amides is 2. The third kappa shape index (κ3) is 8.16. The highest BCUT2D eigenvalue weighted by Gasteiger charge is 2.33. The molecular formula is C32H37Cl2N3O6S. The molecule has 0 radical (unpaired) electrons. The number of hydrogen-bond donors (Lipinski definition) is 1. The smallest absolute Gasteiger partial charge is 0.264 e. The standard InChI is InChI=1S/C32H37Cl2N3O6S/c1-22(32(39)35-26-7-5-4-6-8-26)36(20-23-9-11-24(33)12-10-23)31(38)21-37(27-15-13-25(34)14-16-27)44(40,41)28-17-18-29(42-2)30(19-28)43-3/h9-19,22,26H,4-8,20-21H2,1-3H3,(H,35,39)/t22-/m0/s1. The summed E-state index contributed by atoms with van der Waals surface area (Å²) in [5, 5.41) is 4.03. The molecule has 12 heteroatoms. The van der Waals surface area contributed by atoms with Crippen LogP contribution in [0.2, 0.25) is 10.0 Å². The molecule has 0 aliphatic heterocycles. The topological polar surface area (TPSA) is 105 Å². The molecule has 1 aliphatic carbocycles. The number of carbonyl (C=O) groups is 2. The largest absolute Gasteiger partial charge is 0.493 e. The zero-order valence-corrected chi connectivity index (χ0v) is 27.3. The van der Waals surface area contributed by atoms with E-state index >= 15 is 0 Å². The Kier molecular flexibility index (Phi) is 11.4. The first-order valence-electron chi connectivity index (χ1n) is 14.4. The average molecular weight is 663 g/mol. The normalized spacial score (nSPS) is 14.4. The zero-order chi connectivity index (χ0) is 31.9. The van der Waals surface area contributed by atoms with Gasteiger partial charge in [-0.05, 0) is 73.9 Å². The molecule has 2 amide bonds. The molecule has 0 saturated heterocycles. The van der Waals surface area contributed by atoms with Crippen molar-refractivity contribution in [1.82, 2.24) is 10.2 Å². The first-order valence-corrected chi connectivity index (χ1v) is 16.6. The Labute approximate surface area is 269 Å². The summed E-state index contributed by atoms with van der Waals surface area (Å²) in [5.41, 5.74) is 0.962. The number of sulfonamides is 1. The maximum absolute atomic E-state index is 14.1. The van der Waals surface area contributed by atoms with Crippen LogP contribution in [-0.2, 0) is 26.2 Å². The summed E-state index contributed by atoms with van der Waals surface area (Å²) in [4.78, 5) is 28.9. The van der Waals surface area contributed by atoms with E-state index in [0.717, 1.165) is 42.0 Å². The minimum Gasteiger partial charge on any atom is -0.493 e. The number of nitrogens with zero attached hydrogens (tertiary/aromatic N) is 2. The summed E-state index contributed by atoms with van der Waals surface area (Å²) in [5.74, 6) is -0.286. The van der Waals surface area contributed by atoms with Gasteiger partial charge in [0.15, 0.2) is 11.5 Å². The fraction of sp³-hybridized carbons (Fsp3) is 0.375. The molecule has 1 atom stereocenters. The van der Waals surface area contributed by atoms with Gasteiger partial charge in [-0.3, -0.25) is 13.9 Å². The van der Waals surface area contributed by atoms with Gasteiger partial charge in [-0.25, -0.2) is 8.42 Å². The van der Waals surface area contributed by atoms with Gasteiger partial charge in [-0.15, -0.1) is 0 Å². The minimum atomic E-state index is -4.31. The van der Waals surface area contributed by atoms with E-state index in [9.17, 15) is 18.0 Å². The Balaban J connectivity index is 1.70. The van der Waals surface area contributed by atoms with Crippen molar-refractivity contribution in [2.24, 2.45) is 0 Å². The maximum atomic E-state index is 14.1. The van der Waals surface area contributed by atoms with Crippen LogP contribution in [0.3, 0.4) is 0 Å². The maximum Gasteiger partial charge on any atom is 0.264 e. The van der Waals surface area contributed by atoms with Crippen molar-refractivity contribution in [3.63, 3.8) is 0 Å². The van der Waals surface area contributed by atoms with E-state index in [1.54, 1.807) is 43.3 Å². The van der Waals surface area contributed by atoms with Crippen LogP contribution in [0.25, 0.3) is 0 Å². The Bertz CT molecular complexity index is 1550. The van der Waals surface area contributed by atoms with Crippen molar-refractivity contribution in [2.75, 3.05) is 25.1 Å². The van der Waals surface area contributed by atoms with E-state index in [2.05, 4.69) is 5.32 Å². The first kappa shape index (κ1) is 33.4. The van der Waals surface area contributed by atoms with Gasteiger partial charge in [-0.1, -0.05) is 54.6 Å². The molecule has 236 valence electrons. The lowest BCUT2D eigenvalue weighted by Gasteiger charge is -2.33. The number of carbonyl (C=O) groups excluding carboxylic acids is 2. The van der Waals surface area contributed by atoms with Gasteiger partial charge in [0.05, 0.1) is 24.8 Å². The van der Waals surface area contributed by atoms with Gasteiger partial charge in [-0.2, -0.15) is 0 Å². The molecule has 0 heterocycles. The van der Waals surface area contributed by atoms with Crippen molar-refractivity contribution in [3.05, 3.63) is 82.3 Å². The molecule has 1 N–H and O–H groups in total. The van der Waals surface area contributed by atoms with Crippen molar-refractivity contribution in [2.45, 2.75) is 62.6 Å². The predicted molar refractivity (Wildman–Crippen MR) is 172 cm³/mol. The van der Waals surface area contributed by atoms with Crippen LogP contribution in [0.1, 0.15) is 44.6 Å². The highest BCUT2D eigenvalue weighted by Crippen LogP contribution is 2.33. The molecule has 44 heavy (non-hydrogen) atoms. The molecule has 3 aromatic carbocycles. The van der Waals surface area contributed by atoms with Crippen LogP contribution in [0.15, 0.2) is 71.6 Å². The Morgan fingerprint density at radius 3 is 2.07 bits per heavy atom. The first-order chi connectivity index (χ1) is 21.0. The molecule has 1 saturated carbocycles. The minimum absolute atomic E-state index is 0.0437. The molecule has 0 spiro atoms. The number of methoxy groups -OCH3 is 2. The highest BCUT2D eigenvalue weighted by molar-refractivity contribution is 7.92. The molecule has 0 bridgehead atoms. The predicted octanol–water partition coefficient (Wildman–Crippen LogP) is 6.07. The monoisotopic (exact) mass is 661 g/mol. The lowest BCUT2D eigenvalue weighted by Crippen LogP contribution is -2.53. The number of benzene rings is 3. The van der Waals surface area contributed by atoms with E-state index in [-0.39, 0.29) is 34.8 Å². The van der Waals surface area contributed by atoms with Crippen LogP contribution >= 0.6 is 23.2 Å². The van der Waals surface area contributed by atoms with Gasteiger partial charge in [0.1, 0.15) is 12.6 Å². The molecule has 0 unspecified atom stereocenters. The van der Waals surface area contributed by atoms with Crippen LogP contribution in [-0.4, -0.2) is 58.0 Å². The summed E-state index contributed by atoms with van der Waals surface area (Å²) < 4.78 is 39.9. The van der Waals surface area contributed by atoms with Crippen molar-refractivity contribution < 1.29 is 27.5 Å². The summed E-state index contributed by atoms with van der Waals surface area (Å²) in [6.07, 6.45) is 4.99. The summed E-state index contributed by atoms with van der Waals surface area (Å²) in [6.45, 7) is 1.15. The number of anilines is 1. The summed E-state index contributed by atoms with van der Waals surface area (Å²) in [6, 6.07) is 16.5. The molecule has 1 aliphatic rings. The van der Waals surface area contributed by atoms with Gasteiger partial charge < -0.3 is 19.7 Å². The van der Waals surface area contributed by atoms with E-state index in [1.165, 1.54) is 49.5 Å². The number of hydrogen-bond acceptors (Lipinski definition) is 6. The Morgan fingerprint density at radius 2 is 1.48 bits per heavy atom. The lowest BCUT2D eigenvalue weighted by molar-refractivity contribution is -0.139. The number of ether oxygens (including phenoxy) is 2. The Hall–Kier alpha value is -3.47. The third-order valence-electron chi connectivity index (χ3n) is 7.72. The summed E-state index contributed by atoms with van der Waals surface area (Å²) >= 11 is 12.2. The van der Waals surface area contributed by atoms with Crippen LogP contribution in [0.4, 0.5) is 5.69 Å².